The Labute approximate surface area is 155 Å². The quantitative estimate of drug-likeness (QED) is 0.570. The number of allylic oxidation sites excluding steroid dienone is 2. The second-order valence-electron chi connectivity index (χ2n) is 9.17. The standard InChI is InChI=1S/C22H30O4/c1-13-11-20-18-5-3-14-12-15(23)4-6-16(14)17(18)7-9-22(20,2)19(13)8-10-26-21(24)25/h12,16-20H,1,3-11H2,2H3,(H,24,25)/t16-,17+,18+,19+,20-,22+/m0/s1. The Morgan fingerprint density at radius 3 is 2.88 bits per heavy atom. The van der Waals surface area contributed by atoms with Gasteiger partial charge in [0.05, 0.1) is 6.61 Å². The van der Waals surface area contributed by atoms with Gasteiger partial charge in [-0.25, -0.2) is 4.79 Å². The monoisotopic (exact) mass is 358 g/mol. The largest absolute Gasteiger partial charge is 0.505 e. The molecule has 0 spiro atoms. The lowest BCUT2D eigenvalue weighted by atomic mass is 9.51. The van der Waals surface area contributed by atoms with Gasteiger partial charge in [-0.15, -0.1) is 0 Å². The van der Waals surface area contributed by atoms with Crippen LogP contribution in [0.2, 0.25) is 0 Å². The van der Waals surface area contributed by atoms with E-state index in [1.807, 2.05) is 6.08 Å². The molecule has 0 aromatic heterocycles. The first kappa shape index (κ1) is 17.8. The van der Waals surface area contributed by atoms with Crippen molar-refractivity contribution in [1.29, 1.82) is 0 Å². The van der Waals surface area contributed by atoms with Gasteiger partial charge in [-0.3, -0.25) is 4.79 Å². The first-order valence-electron chi connectivity index (χ1n) is 10.2. The van der Waals surface area contributed by atoms with Gasteiger partial charge >= 0.3 is 6.16 Å². The molecule has 4 aliphatic rings. The Hall–Kier alpha value is -1.58. The van der Waals surface area contributed by atoms with Crippen molar-refractivity contribution in [3.63, 3.8) is 0 Å². The molecule has 4 aliphatic carbocycles. The molecular weight excluding hydrogens is 328 g/mol. The molecule has 0 bridgehead atoms. The van der Waals surface area contributed by atoms with Crippen LogP contribution in [0.25, 0.3) is 0 Å². The van der Waals surface area contributed by atoms with Crippen molar-refractivity contribution in [3.05, 3.63) is 23.8 Å². The number of hydrogen-bond donors (Lipinski definition) is 1. The number of carbonyl (C=O) groups is 2. The minimum absolute atomic E-state index is 0.228. The van der Waals surface area contributed by atoms with Crippen LogP contribution in [0.4, 0.5) is 4.79 Å². The van der Waals surface area contributed by atoms with E-state index < -0.39 is 6.16 Å². The van der Waals surface area contributed by atoms with E-state index in [9.17, 15) is 9.59 Å². The third-order valence-electron chi connectivity index (χ3n) is 8.14. The molecule has 3 saturated carbocycles. The summed E-state index contributed by atoms with van der Waals surface area (Å²) < 4.78 is 4.80. The average molecular weight is 358 g/mol. The molecule has 0 aliphatic heterocycles. The predicted molar refractivity (Wildman–Crippen MR) is 98.7 cm³/mol. The van der Waals surface area contributed by atoms with E-state index in [1.165, 1.54) is 30.4 Å². The number of rotatable bonds is 3. The van der Waals surface area contributed by atoms with Crippen LogP contribution in [0.1, 0.15) is 58.3 Å². The van der Waals surface area contributed by atoms with E-state index in [-0.39, 0.29) is 12.0 Å². The Morgan fingerprint density at radius 1 is 1.31 bits per heavy atom. The highest BCUT2D eigenvalue weighted by atomic mass is 16.7. The molecule has 0 aromatic rings. The van der Waals surface area contributed by atoms with Crippen LogP contribution in [0, 0.1) is 35.0 Å². The van der Waals surface area contributed by atoms with Gasteiger partial charge in [0.2, 0.25) is 0 Å². The smallest absolute Gasteiger partial charge is 0.450 e. The van der Waals surface area contributed by atoms with Gasteiger partial charge in [0.1, 0.15) is 0 Å². The summed E-state index contributed by atoms with van der Waals surface area (Å²) in [5.74, 6) is 3.43. The molecule has 0 aromatic carbocycles. The minimum Gasteiger partial charge on any atom is -0.450 e. The molecule has 6 atom stereocenters. The summed E-state index contributed by atoms with van der Waals surface area (Å²) in [6, 6.07) is 0. The third-order valence-corrected chi connectivity index (χ3v) is 8.14. The van der Waals surface area contributed by atoms with Crippen LogP contribution in [0.15, 0.2) is 23.8 Å². The van der Waals surface area contributed by atoms with Gasteiger partial charge < -0.3 is 9.84 Å². The lowest BCUT2D eigenvalue weighted by Gasteiger charge is -2.54. The summed E-state index contributed by atoms with van der Waals surface area (Å²) in [6.45, 7) is 7.05. The molecular formula is C22H30O4. The molecule has 4 nitrogen and oxygen atoms in total. The number of ether oxygens (including phenoxy) is 1. The first-order chi connectivity index (χ1) is 12.4. The SMILES string of the molecule is C=C1C[C@H]2[C@@H]3CCC4=CC(=O)CC[C@@H]4[C@H]3CC[C@]2(C)[C@@H]1CCOC(=O)O. The highest BCUT2D eigenvalue weighted by Gasteiger charge is 2.57. The lowest BCUT2D eigenvalue weighted by Crippen LogP contribution is -2.46. The zero-order valence-electron chi connectivity index (χ0n) is 15.7. The fourth-order valence-electron chi connectivity index (χ4n) is 7.03. The van der Waals surface area contributed by atoms with Crippen LogP contribution in [0.3, 0.4) is 0 Å². The maximum absolute atomic E-state index is 11.8. The molecule has 4 heteroatoms. The van der Waals surface area contributed by atoms with Crippen LogP contribution in [-0.4, -0.2) is 23.7 Å². The van der Waals surface area contributed by atoms with Crippen LogP contribution < -0.4 is 0 Å². The molecule has 0 saturated heterocycles. The number of ketones is 1. The summed E-state index contributed by atoms with van der Waals surface area (Å²) >= 11 is 0. The average Bonchev–Trinajstić information content (AvgIpc) is 2.85. The topological polar surface area (TPSA) is 63.6 Å². The van der Waals surface area contributed by atoms with Crippen molar-refractivity contribution >= 4 is 11.9 Å². The fraction of sp³-hybridized carbons (Fsp3) is 0.727. The molecule has 0 unspecified atom stereocenters. The van der Waals surface area contributed by atoms with E-state index >= 15 is 0 Å². The minimum atomic E-state index is -1.18. The number of fused-ring (bicyclic) bond motifs is 5. The number of carboxylic acid groups (broad SMARTS) is 1. The van der Waals surface area contributed by atoms with E-state index in [0.29, 0.717) is 23.5 Å². The third kappa shape index (κ3) is 2.82. The number of hydrogen-bond acceptors (Lipinski definition) is 3. The van der Waals surface area contributed by atoms with Crippen molar-refractivity contribution in [3.8, 4) is 0 Å². The lowest BCUT2D eigenvalue weighted by molar-refractivity contribution is -0.116. The van der Waals surface area contributed by atoms with Gasteiger partial charge in [-0.1, -0.05) is 24.6 Å². The number of carbonyl (C=O) groups excluding carboxylic acids is 1. The van der Waals surface area contributed by atoms with E-state index in [1.54, 1.807) is 0 Å². The van der Waals surface area contributed by atoms with Crippen molar-refractivity contribution in [2.75, 3.05) is 6.61 Å². The molecule has 26 heavy (non-hydrogen) atoms. The van der Waals surface area contributed by atoms with Gasteiger partial charge in [0.25, 0.3) is 0 Å². The highest BCUT2D eigenvalue weighted by Crippen LogP contribution is 2.65. The first-order valence-corrected chi connectivity index (χ1v) is 10.2. The van der Waals surface area contributed by atoms with E-state index in [0.717, 1.165) is 43.9 Å². The van der Waals surface area contributed by atoms with Gasteiger partial charge in [-0.2, -0.15) is 0 Å². The Morgan fingerprint density at radius 2 is 2.12 bits per heavy atom. The summed E-state index contributed by atoms with van der Waals surface area (Å²) in [5, 5.41) is 8.76. The highest BCUT2D eigenvalue weighted by molar-refractivity contribution is 5.91. The summed E-state index contributed by atoms with van der Waals surface area (Å²) in [6.07, 6.45) is 9.10. The normalized spacial score (nSPS) is 41.7. The van der Waals surface area contributed by atoms with Crippen LogP contribution in [-0.2, 0) is 9.53 Å². The predicted octanol–water partition coefficient (Wildman–Crippen LogP) is 5.00. The maximum Gasteiger partial charge on any atom is 0.505 e. The Balaban J connectivity index is 1.52. The van der Waals surface area contributed by atoms with Gasteiger partial charge in [0, 0.05) is 6.42 Å². The van der Waals surface area contributed by atoms with Crippen molar-refractivity contribution in [2.45, 2.75) is 58.3 Å². The Kier molecular flexibility index (Phi) is 4.48. The van der Waals surface area contributed by atoms with Gasteiger partial charge in [0.15, 0.2) is 5.78 Å². The molecule has 142 valence electrons. The van der Waals surface area contributed by atoms with Crippen LogP contribution in [0.5, 0.6) is 0 Å². The summed E-state index contributed by atoms with van der Waals surface area (Å²) in [5.41, 5.74) is 2.95. The zero-order valence-corrected chi connectivity index (χ0v) is 15.7. The zero-order chi connectivity index (χ0) is 18.5. The second-order valence-corrected chi connectivity index (χ2v) is 9.17. The van der Waals surface area contributed by atoms with Crippen molar-refractivity contribution < 1.29 is 19.4 Å². The van der Waals surface area contributed by atoms with Crippen molar-refractivity contribution in [1.82, 2.24) is 0 Å². The maximum atomic E-state index is 11.8. The van der Waals surface area contributed by atoms with E-state index in [4.69, 9.17) is 9.84 Å². The molecule has 1 N–H and O–H groups in total. The molecule has 4 rings (SSSR count). The van der Waals surface area contributed by atoms with Crippen molar-refractivity contribution in [2.24, 2.45) is 35.0 Å². The molecule has 0 amide bonds. The Bertz CT molecular complexity index is 663. The second kappa shape index (κ2) is 6.54. The van der Waals surface area contributed by atoms with Gasteiger partial charge in [-0.05, 0) is 86.0 Å². The van der Waals surface area contributed by atoms with E-state index in [2.05, 4.69) is 13.5 Å². The molecule has 0 heterocycles. The molecule has 0 radical (unpaired) electrons. The summed E-state index contributed by atoms with van der Waals surface area (Å²) in [7, 11) is 0. The van der Waals surface area contributed by atoms with Crippen LogP contribution >= 0.6 is 0 Å². The summed E-state index contributed by atoms with van der Waals surface area (Å²) in [4.78, 5) is 22.5. The fourth-order valence-corrected chi connectivity index (χ4v) is 7.03. The molecule has 3 fully saturated rings.